The SMILES string of the molecule is COC(=O)C1=C(C(=O)OC)N(c2ccccc2-c2ccccc2C)C=CC=C1. The predicted molar refractivity (Wildman–Crippen MR) is 108 cm³/mol. The van der Waals surface area contributed by atoms with E-state index >= 15 is 0 Å². The Labute approximate surface area is 164 Å². The van der Waals surface area contributed by atoms with Gasteiger partial charge in [-0.05, 0) is 36.3 Å². The van der Waals surface area contributed by atoms with Crippen LogP contribution in [0.25, 0.3) is 11.1 Å². The van der Waals surface area contributed by atoms with Crippen molar-refractivity contribution in [2.45, 2.75) is 6.92 Å². The summed E-state index contributed by atoms with van der Waals surface area (Å²) in [6.45, 7) is 2.03. The Morgan fingerprint density at radius 3 is 2.14 bits per heavy atom. The zero-order valence-electron chi connectivity index (χ0n) is 16.0. The van der Waals surface area contributed by atoms with Crippen molar-refractivity contribution < 1.29 is 19.1 Å². The molecule has 0 aliphatic carbocycles. The molecule has 0 amide bonds. The van der Waals surface area contributed by atoms with Crippen molar-refractivity contribution in [1.29, 1.82) is 0 Å². The number of hydrogen-bond acceptors (Lipinski definition) is 5. The van der Waals surface area contributed by atoms with E-state index in [9.17, 15) is 9.59 Å². The zero-order valence-corrected chi connectivity index (χ0v) is 16.0. The number of methoxy groups -OCH3 is 2. The van der Waals surface area contributed by atoms with E-state index in [1.54, 1.807) is 29.3 Å². The van der Waals surface area contributed by atoms with Crippen LogP contribution in [-0.4, -0.2) is 26.2 Å². The molecule has 1 heterocycles. The first-order valence-electron chi connectivity index (χ1n) is 8.78. The van der Waals surface area contributed by atoms with Gasteiger partial charge in [-0.25, -0.2) is 9.59 Å². The average molecular weight is 375 g/mol. The molecule has 0 N–H and O–H groups in total. The molecule has 0 spiro atoms. The van der Waals surface area contributed by atoms with Gasteiger partial charge in [0.25, 0.3) is 0 Å². The van der Waals surface area contributed by atoms with E-state index in [4.69, 9.17) is 9.47 Å². The minimum absolute atomic E-state index is 0.0976. The summed E-state index contributed by atoms with van der Waals surface area (Å²) in [4.78, 5) is 26.7. The van der Waals surface area contributed by atoms with Gasteiger partial charge in [0.05, 0.1) is 25.5 Å². The smallest absolute Gasteiger partial charge is 0.355 e. The molecule has 0 bridgehead atoms. The van der Waals surface area contributed by atoms with Gasteiger partial charge in [-0.15, -0.1) is 0 Å². The van der Waals surface area contributed by atoms with E-state index in [1.165, 1.54) is 14.2 Å². The number of nitrogens with zero attached hydrogens (tertiary/aromatic N) is 1. The van der Waals surface area contributed by atoms with Gasteiger partial charge in [0.15, 0.2) is 0 Å². The Bertz CT molecular complexity index is 1000. The number of rotatable bonds is 4. The lowest BCUT2D eigenvalue weighted by Crippen LogP contribution is -2.27. The van der Waals surface area contributed by atoms with Gasteiger partial charge in [0.2, 0.25) is 0 Å². The number of anilines is 1. The Hall–Kier alpha value is -3.60. The van der Waals surface area contributed by atoms with Crippen LogP contribution >= 0.6 is 0 Å². The molecule has 0 aromatic heterocycles. The molecule has 0 atom stereocenters. The van der Waals surface area contributed by atoms with Crippen LogP contribution in [0.15, 0.2) is 84.2 Å². The Morgan fingerprint density at radius 1 is 0.821 bits per heavy atom. The maximum atomic E-state index is 12.7. The van der Waals surface area contributed by atoms with Crippen molar-refractivity contribution in [2.24, 2.45) is 0 Å². The molecule has 3 rings (SSSR count). The quantitative estimate of drug-likeness (QED) is 0.752. The molecule has 1 aliphatic heterocycles. The summed E-state index contributed by atoms with van der Waals surface area (Å²) >= 11 is 0. The number of ether oxygens (including phenoxy) is 2. The number of esters is 2. The second-order valence-corrected chi connectivity index (χ2v) is 6.15. The number of aryl methyl sites for hydroxylation is 1. The summed E-state index contributed by atoms with van der Waals surface area (Å²) in [7, 11) is 2.57. The maximum absolute atomic E-state index is 12.7. The third-order valence-electron chi connectivity index (χ3n) is 4.49. The first kappa shape index (κ1) is 19.2. The number of para-hydroxylation sites is 1. The molecule has 2 aromatic carbocycles. The molecular weight excluding hydrogens is 354 g/mol. The molecule has 1 aliphatic rings. The van der Waals surface area contributed by atoms with Crippen molar-refractivity contribution >= 4 is 17.6 Å². The van der Waals surface area contributed by atoms with Crippen LogP contribution in [0.2, 0.25) is 0 Å². The van der Waals surface area contributed by atoms with E-state index in [0.717, 1.165) is 22.4 Å². The van der Waals surface area contributed by atoms with E-state index in [0.29, 0.717) is 0 Å². The van der Waals surface area contributed by atoms with E-state index in [1.807, 2.05) is 55.5 Å². The summed E-state index contributed by atoms with van der Waals surface area (Å²) in [6, 6.07) is 15.7. The molecule has 0 saturated carbocycles. The van der Waals surface area contributed by atoms with Crippen LogP contribution in [-0.2, 0) is 19.1 Å². The average Bonchev–Trinajstić information content (AvgIpc) is 2.96. The Balaban J connectivity index is 2.26. The van der Waals surface area contributed by atoms with Gasteiger partial charge in [0.1, 0.15) is 5.70 Å². The van der Waals surface area contributed by atoms with Gasteiger partial charge in [-0.2, -0.15) is 0 Å². The fraction of sp³-hybridized carbons (Fsp3) is 0.130. The third kappa shape index (κ3) is 3.60. The minimum Gasteiger partial charge on any atom is -0.465 e. The van der Waals surface area contributed by atoms with Crippen molar-refractivity contribution in [2.75, 3.05) is 19.1 Å². The molecule has 5 heteroatoms. The first-order valence-corrected chi connectivity index (χ1v) is 8.78. The van der Waals surface area contributed by atoms with Crippen molar-refractivity contribution in [1.82, 2.24) is 0 Å². The number of carbonyl (C=O) groups is 2. The second-order valence-electron chi connectivity index (χ2n) is 6.15. The Morgan fingerprint density at radius 2 is 1.46 bits per heavy atom. The molecule has 0 fully saturated rings. The highest BCUT2D eigenvalue weighted by atomic mass is 16.5. The van der Waals surface area contributed by atoms with Gasteiger partial charge in [0, 0.05) is 11.8 Å². The molecule has 0 radical (unpaired) electrons. The fourth-order valence-electron chi connectivity index (χ4n) is 3.14. The van der Waals surface area contributed by atoms with Crippen LogP contribution in [0.5, 0.6) is 0 Å². The molecule has 28 heavy (non-hydrogen) atoms. The number of allylic oxidation sites excluding steroid dienone is 2. The van der Waals surface area contributed by atoms with Crippen LogP contribution in [0.3, 0.4) is 0 Å². The highest BCUT2D eigenvalue weighted by molar-refractivity contribution is 6.06. The van der Waals surface area contributed by atoms with Gasteiger partial charge in [-0.1, -0.05) is 48.5 Å². The lowest BCUT2D eigenvalue weighted by atomic mass is 9.98. The molecule has 0 unspecified atom stereocenters. The monoisotopic (exact) mass is 375 g/mol. The lowest BCUT2D eigenvalue weighted by Gasteiger charge is -2.26. The molecule has 2 aromatic rings. The molecule has 0 saturated heterocycles. The van der Waals surface area contributed by atoms with Gasteiger partial charge < -0.3 is 14.4 Å². The number of hydrogen-bond donors (Lipinski definition) is 0. The van der Waals surface area contributed by atoms with E-state index < -0.39 is 11.9 Å². The topological polar surface area (TPSA) is 55.8 Å². The summed E-state index contributed by atoms with van der Waals surface area (Å²) in [5.74, 6) is -1.24. The van der Waals surface area contributed by atoms with Crippen LogP contribution in [0, 0.1) is 6.92 Å². The highest BCUT2D eigenvalue weighted by Crippen LogP contribution is 2.36. The van der Waals surface area contributed by atoms with Gasteiger partial charge in [-0.3, -0.25) is 0 Å². The summed E-state index contributed by atoms with van der Waals surface area (Å²) < 4.78 is 9.86. The number of carbonyl (C=O) groups excluding carboxylic acids is 2. The zero-order chi connectivity index (χ0) is 20.1. The van der Waals surface area contributed by atoms with Crippen molar-refractivity contribution in [3.05, 3.63) is 89.8 Å². The van der Waals surface area contributed by atoms with Gasteiger partial charge >= 0.3 is 11.9 Å². The van der Waals surface area contributed by atoms with Crippen LogP contribution in [0.4, 0.5) is 5.69 Å². The summed E-state index contributed by atoms with van der Waals surface area (Å²) in [5.41, 5.74) is 4.03. The first-order chi connectivity index (χ1) is 13.6. The largest absolute Gasteiger partial charge is 0.465 e. The Kier molecular flexibility index (Phi) is 5.75. The van der Waals surface area contributed by atoms with Crippen LogP contribution < -0.4 is 4.90 Å². The second kappa shape index (κ2) is 8.39. The molecular formula is C23H21NO4. The van der Waals surface area contributed by atoms with Crippen molar-refractivity contribution in [3.63, 3.8) is 0 Å². The summed E-state index contributed by atoms with van der Waals surface area (Å²) in [5, 5.41) is 0. The minimum atomic E-state index is -0.629. The maximum Gasteiger partial charge on any atom is 0.355 e. The van der Waals surface area contributed by atoms with Crippen molar-refractivity contribution in [3.8, 4) is 11.1 Å². The predicted octanol–water partition coefficient (Wildman–Crippen LogP) is 4.15. The standard InChI is InChI=1S/C23H21NO4/c1-16-10-4-5-11-17(16)18-12-6-7-14-20(18)24-15-9-8-13-19(22(25)27-2)21(24)23(26)28-3/h4-15H,1-3H3. The summed E-state index contributed by atoms with van der Waals surface area (Å²) in [6.07, 6.45) is 6.72. The highest BCUT2D eigenvalue weighted by Gasteiger charge is 2.28. The van der Waals surface area contributed by atoms with E-state index in [-0.39, 0.29) is 11.3 Å². The van der Waals surface area contributed by atoms with Crippen LogP contribution in [0.1, 0.15) is 5.56 Å². The fourth-order valence-corrected chi connectivity index (χ4v) is 3.14. The molecule has 5 nitrogen and oxygen atoms in total. The molecule has 142 valence electrons. The number of benzene rings is 2. The van der Waals surface area contributed by atoms with E-state index in [2.05, 4.69) is 0 Å². The normalized spacial score (nSPS) is 13.3. The third-order valence-corrected chi connectivity index (χ3v) is 4.49. The lowest BCUT2D eigenvalue weighted by molar-refractivity contribution is -0.139.